The number of hydrogen-bond donors (Lipinski definition) is 0. The van der Waals surface area contributed by atoms with E-state index in [1.54, 1.807) is 0 Å². The Morgan fingerprint density at radius 2 is 0.925 bits per heavy atom. The van der Waals surface area contributed by atoms with Crippen LogP contribution in [0.1, 0.15) is 101 Å². The molecule has 0 N–H and O–H groups in total. The van der Waals surface area contributed by atoms with E-state index in [-0.39, 0.29) is 41.9 Å². The summed E-state index contributed by atoms with van der Waals surface area (Å²) in [5.41, 5.74) is 10.7. The Balaban J connectivity index is 0.00000507. The van der Waals surface area contributed by atoms with Crippen LogP contribution in [0.4, 0.5) is 11.4 Å². The van der Waals surface area contributed by atoms with E-state index in [4.69, 9.17) is 26.6 Å². The normalized spacial score (nSPS) is 11.4. The maximum Gasteiger partial charge on any atom is 2.00 e. The first-order chi connectivity index (χ1) is 17.9. The molecule has 3 rings (SSSR count). The Labute approximate surface area is 270 Å². The zero-order valence-electron chi connectivity index (χ0n) is 24.6. The van der Waals surface area contributed by atoms with Crippen molar-refractivity contribution in [2.45, 2.75) is 92.9 Å². The van der Waals surface area contributed by atoms with Crippen molar-refractivity contribution in [2.24, 2.45) is 9.98 Å². The van der Waals surface area contributed by atoms with Crippen LogP contribution in [0.25, 0.3) is 0 Å². The van der Waals surface area contributed by atoms with Gasteiger partial charge in [-0.3, -0.25) is 9.98 Å². The number of pyridine rings is 1. The van der Waals surface area contributed by atoms with Crippen molar-refractivity contribution in [3.63, 3.8) is 0 Å². The number of hydrogen-bond acceptors (Lipinski definition) is 3. The second kappa shape index (κ2) is 19.4. The first-order valence-electron chi connectivity index (χ1n) is 13.9. The second-order valence-electron chi connectivity index (χ2n) is 9.80. The molecule has 218 valence electrons. The van der Waals surface area contributed by atoms with Gasteiger partial charge in [-0.15, -0.1) is 0 Å². The third-order valence-electron chi connectivity index (χ3n) is 6.57. The third-order valence-corrected chi connectivity index (χ3v) is 6.79. The van der Waals surface area contributed by atoms with E-state index in [1.165, 1.54) is 22.3 Å². The number of aliphatic imine (C=N–C) groups is 2. The minimum Gasteiger partial charge on any atom is -1.00 e. The van der Waals surface area contributed by atoms with Gasteiger partial charge in [0.25, 0.3) is 0 Å². The Hall–Kier alpha value is -1.68. The van der Waals surface area contributed by atoms with Gasteiger partial charge in [0.15, 0.2) is 0 Å². The molecule has 7 heteroatoms. The molecule has 0 fully saturated rings. The molecular weight excluding hydrogens is 601 g/mol. The number of para-hydroxylation sites is 2. The van der Waals surface area contributed by atoms with E-state index in [2.05, 4.69) is 64.1 Å². The zero-order valence-corrected chi connectivity index (χ0v) is 28.0. The van der Waals surface area contributed by atoms with Crippen molar-refractivity contribution >= 4 is 34.4 Å². The first-order valence-corrected chi connectivity index (χ1v) is 14.3. The van der Waals surface area contributed by atoms with Crippen LogP contribution in [0.3, 0.4) is 0 Å². The molecule has 0 bridgehead atoms. The summed E-state index contributed by atoms with van der Waals surface area (Å²) in [5.74, 6) is 0. The smallest absolute Gasteiger partial charge is 1.00 e. The molecule has 1 heterocycles. The molecular formula is C33H42Cl3FeN3. The average Bonchev–Trinajstić information content (AvgIpc) is 2.87. The van der Waals surface area contributed by atoms with E-state index in [9.17, 15) is 0 Å². The van der Waals surface area contributed by atoms with E-state index in [0.717, 1.165) is 85.6 Å². The molecule has 0 aliphatic rings. The monoisotopic (exact) mass is 641 g/mol. The SMILES string of the molecule is CCCc1cccc(CCC)c1N=C(C)c1cc(Cl)cc(C(C)=Nc2c(CCC)cccc2CCC)n1.[Cl-].[Cl-].[Fe+2]. The van der Waals surface area contributed by atoms with E-state index in [0.29, 0.717) is 5.02 Å². The summed E-state index contributed by atoms with van der Waals surface area (Å²) in [7, 11) is 0. The van der Waals surface area contributed by atoms with Crippen LogP contribution < -0.4 is 24.8 Å². The fourth-order valence-corrected chi connectivity index (χ4v) is 4.99. The van der Waals surface area contributed by atoms with Gasteiger partial charge in [0, 0.05) is 5.02 Å². The number of rotatable bonds is 12. The van der Waals surface area contributed by atoms with Crippen LogP contribution in [-0.2, 0) is 42.8 Å². The van der Waals surface area contributed by atoms with Gasteiger partial charge in [0.2, 0.25) is 0 Å². The fourth-order valence-electron chi connectivity index (χ4n) is 4.78. The molecule has 0 radical (unpaired) electrons. The minimum absolute atomic E-state index is 0. The summed E-state index contributed by atoms with van der Waals surface area (Å²) < 4.78 is 0. The number of halogens is 3. The summed E-state index contributed by atoms with van der Waals surface area (Å²) in [4.78, 5) is 15.2. The number of benzene rings is 2. The van der Waals surface area contributed by atoms with Crippen molar-refractivity contribution in [2.75, 3.05) is 0 Å². The molecule has 0 unspecified atom stereocenters. The second-order valence-corrected chi connectivity index (χ2v) is 10.2. The minimum atomic E-state index is 0. The number of nitrogens with zero attached hydrogens (tertiary/aromatic N) is 3. The van der Waals surface area contributed by atoms with Gasteiger partial charge in [0.05, 0.1) is 34.2 Å². The van der Waals surface area contributed by atoms with Crippen molar-refractivity contribution in [1.29, 1.82) is 0 Å². The summed E-state index contributed by atoms with van der Waals surface area (Å²) in [5, 5.41) is 0.648. The largest absolute Gasteiger partial charge is 2.00 e. The van der Waals surface area contributed by atoms with E-state index >= 15 is 0 Å². The molecule has 0 saturated heterocycles. The zero-order chi connectivity index (χ0) is 26.8. The van der Waals surface area contributed by atoms with Gasteiger partial charge in [-0.25, -0.2) is 4.98 Å². The predicted octanol–water partition coefficient (Wildman–Crippen LogP) is 3.83. The molecule has 0 atom stereocenters. The molecule has 0 aliphatic carbocycles. The van der Waals surface area contributed by atoms with Crippen molar-refractivity contribution in [3.8, 4) is 0 Å². The van der Waals surface area contributed by atoms with Gasteiger partial charge in [-0.2, -0.15) is 0 Å². The van der Waals surface area contributed by atoms with Crippen LogP contribution in [0, 0.1) is 0 Å². The summed E-state index contributed by atoms with van der Waals surface area (Å²) in [6.07, 6.45) is 8.42. The third kappa shape index (κ3) is 10.3. The van der Waals surface area contributed by atoms with Gasteiger partial charge < -0.3 is 24.8 Å². The summed E-state index contributed by atoms with van der Waals surface area (Å²) in [6, 6.07) is 16.9. The number of aryl methyl sites for hydroxylation is 4. The predicted molar refractivity (Wildman–Crippen MR) is 162 cm³/mol. The van der Waals surface area contributed by atoms with Crippen LogP contribution in [0.2, 0.25) is 5.02 Å². The Morgan fingerprint density at radius 1 is 0.625 bits per heavy atom. The maximum atomic E-state index is 6.62. The van der Waals surface area contributed by atoms with Gasteiger partial charge >= 0.3 is 17.1 Å². The summed E-state index contributed by atoms with van der Waals surface area (Å²) in [6.45, 7) is 12.9. The van der Waals surface area contributed by atoms with Crippen molar-refractivity contribution in [1.82, 2.24) is 4.98 Å². The molecule has 0 saturated carbocycles. The summed E-state index contributed by atoms with van der Waals surface area (Å²) >= 11 is 6.62. The van der Waals surface area contributed by atoms with Gasteiger partial charge in [-0.05, 0) is 73.9 Å². The quantitative estimate of drug-likeness (QED) is 0.219. The number of aromatic nitrogens is 1. The van der Waals surface area contributed by atoms with Crippen LogP contribution in [0.5, 0.6) is 0 Å². The van der Waals surface area contributed by atoms with Crippen molar-refractivity contribution in [3.05, 3.63) is 87.2 Å². The Kier molecular flexibility index (Phi) is 18.6. The van der Waals surface area contributed by atoms with Crippen LogP contribution in [0.15, 0.2) is 58.5 Å². The maximum absolute atomic E-state index is 6.62. The molecule has 0 aliphatic heterocycles. The molecule has 3 aromatic rings. The molecule has 3 nitrogen and oxygen atoms in total. The molecule has 0 amide bonds. The topological polar surface area (TPSA) is 37.6 Å². The van der Waals surface area contributed by atoms with Crippen LogP contribution in [-0.4, -0.2) is 16.4 Å². The molecule has 0 spiro atoms. The average molecular weight is 643 g/mol. The van der Waals surface area contributed by atoms with Gasteiger partial charge in [-0.1, -0.05) is 101 Å². The van der Waals surface area contributed by atoms with E-state index in [1.807, 2.05) is 26.0 Å². The molecule has 1 aromatic heterocycles. The van der Waals surface area contributed by atoms with Gasteiger partial charge in [0.1, 0.15) is 0 Å². The van der Waals surface area contributed by atoms with Crippen molar-refractivity contribution < 1.29 is 41.9 Å². The molecule has 40 heavy (non-hydrogen) atoms. The van der Waals surface area contributed by atoms with E-state index < -0.39 is 0 Å². The molecule has 2 aromatic carbocycles. The standard InChI is InChI=1S/C33H42ClN3.2ClH.Fe/c1-7-13-25-17-11-18-26(14-8-2)32(25)35-23(5)30-21-29(34)22-31(37-30)24(6)36-33-27(15-9-3)19-12-20-28(33)16-10-4;;;/h11-12,17-22H,7-10,13-16H2,1-6H3;2*1H;/q;;;+2/p-2. The Bertz CT molecular complexity index is 1130. The van der Waals surface area contributed by atoms with Crippen LogP contribution >= 0.6 is 11.6 Å². The Morgan fingerprint density at radius 3 is 1.20 bits per heavy atom. The first kappa shape index (κ1) is 38.3. The fraction of sp³-hybridized carbons (Fsp3) is 0.424.